The Morgan fingerprint density at radius 2 is 2.04 bits per heavy atom. The molecule has 0 amide bonds. The molecule has 0 aliphatic carbocycles. The van der Waals surface area contributed by atoms with Crippen molar-refractivity contribution < 1.29 is 4.52 Å². The smallest absolute Gasteiger partial charge is 0.352 e. The Balaban J connectivity index is 2.15. The first kappa shape index (κ1) is 16.4. The van der Waals surface area contributed by atoms with Crippen molar-refractivity contribution in [3.63, 3.8) is 0 Å². The van der Waals surface area contributed by atoms with Crippen LogP contribution in [-0.4, -0.2) is 31.1 Å². The molecular weight excluding hydrogens is 358 g/mol. The fraction of sp³-hybridized carbons (Fsp3) is 0.357. The highest BCUT2D eigenvalue weighted by Gasteiger charge is 2.46. The first-order valence-electron chi connectivity index (χ1n) is 6.78. The van der Waals surface area contributed by atoms with Crippen LogP contribution >= 0.6 is 35.6 Å². The molecule has 0 bridgehead atoms. The van der Waals surface area contributed by atoms with E-state index in [-0.39, 0.29) is 0 Å². The van der Waals surface area contributed by atoms with Crippen LogP contribution in [0.2, 0.25) is 5.02 Å². The summed E-state index contributed by atoms with van der Waals surface area (Å²) in [5, 5.41) is -0.00123. The van der Waals surface area contributed by atoms with E-state index < -0.39 is 22.4 Å². The molecule has 1 fully saturated rings. The largest absolute Gasteiger partial charge is 0.447 e. The molecule has 1 aromatic heterocycles. The van der Waals surface area contributed by atoms with Gasteiger partial charge >= 0.3 is 11.4 Å². The van der Waals surface area contributed by atoms with Crippen LogP contribution in [0.1, 0.15) is 19.2 Å². The van der Waals surface area contributed by atoms with Crippen LogP contribution in [0, 0.1) is 0 Å². The summed E-state index contributed by atoms with van der Waals surface area (Å²) in [6.45, 7) is 3.88. The number of nitrogens with zero attached hydrogens (tertiary/aromatic N) is 3. The Morgan fingerprint density at radius 1 is 1.35 bits per heavy atom. The zero-order valence-electron chi connectivity index (χ0n) is 12.6. The third-order valence-corrected chi connectivity index (χ3v) is 6.24. The minimum atomic E-state index is -0.755. The molecule has 1 unspecified atom stereocenters. The molecule has 0 spiro atoms. The van der Waals surface area contributed by atoms with Crippen LogP contribution in [0.25, 0.3) is 5.69 Å². The van der Waals surface area contributed by atoms with Gasteiger partial charge in [0.25, 0.3) is 0 Å². The summed E-state index contributed by atoms with van der Waals surface area (Å²) in [5.41, 5.74) is -0.658. The van der Waals surface area contributed by atoms with E-state index in [1.807, 2.05) is 25.8 Å². The van der Waals surface area contributed by atoms with Gasteiger partial charge in [0.1, 0.15) is 9.69 Å². The second-order valence-electron chi connectivity index (χ2n) is 5.73. The maximum atomic E-state index is 12.7. The van der Waals surface area contributed by atoms with Crippen LogP contribution in [0.15, 0.2) is 38.4 Å². The molecule has 1 aliphatic rings. The van der Waals surface area contributed by atoms with Crippen molar-refractivity contribution in [3.8, 4) is 5.69 Å². The van der Waals surface area contributed by atoms with Gasteiger partial charge in [-0.3, -0.25) is 0 Å². The van der Waals surface area contributed by atoms with Gasteiger partial charge < -0.3 is 9.42 Å². The molecule has 3 rings (SSSR count). The van der Waals surface area contributed by atoms with Crippen molar-refractivity contribution in [1.29, 1.82) is 0 Å². The van der Waals surface area contributed by atoms with Gasteiger partial charge in [0, 0.05) is 12.1 Å². The molecule has 9 heteroatoms. The molecule has 1 atom stereocenters. The summed E-state index contributed by atoms with van der Waals surface area (Å²) >= 11 is 12.5. The average Bonchev–Trinajstić information content (AvgIpc) is 2.87. The van der Waals surface area contributed by atoms with Crippen molar-refractivity contribution in [2.45, 2.75) is 24.8 Å². The highest BCUT2D eigenvalue weighted by molar-refractivity contribution is 8.23. The molecule has 1 aromatic carbocycles. The standard InChI is InChI=1S/C14H14ClN3O3S2/c1-14(2)10(23-13(22)16(14)3)18-11(19)17(12(20)21-18)9-6-4-5-8(15)7-9/h4-7,10H,1-3H3. The molecule has 0 radical (unpaired) electrons. The molecule has 0 N–H and O–H groups in total. The van der Waals surface area contributed by atoms with Crippen molar-refractivity contribution in [3.05, 3.63) is 50.3 Å². The zero-order chi connectivity index (χ0) is 16.9. The number of likely N-dealkylation sites (N-methyl/N-ethyl adjacent to an activating group) is 1. The normalized spacial score (nSPS) is 20.3. The molecule has 2 heterocycles. The predicted molar refractivity (Wildman–Crippen MR) is 94.6 cm³/mol. The van der Waals surface area contributed by atoms with Crippen LogP contribution in [-0.2, 0) is 0 Å². The average molecular weight is 372 g/mol. The van der Waals surface area contributed by atoms with E-state index in [2.05, 4.69) is 0 Å². The molecule has 122 valence electrons. The Bertz CT molecular complexity index is 899. The number of halogens is 1. The lowest BCUT2D eigenvalue weighted by Crippen LogP contribution is -2.43. The Hall–Kier alpha value is -1.51. The summed E-state index contributed by atoms with van der Waals surface area (Å²) in [6, 6.07) is 6.49. The third-order valence-electron chi connectivity index (χ3n) is 3.97. The van der Waals surface area contributed by atoms with Gasteiger partial charge in [-0.2, -0.15) is 4.57 Å². The SMILES string of the molecule is CN1C(=S)SC(n2oc(=O)n(-c3cccc(Cl)c3)c2=O)C1(C)C. The summed E-state index contributed by atoms with van der Waals surface area (Å²) in [6.07, 6.45) is 0. The molecule has 1 saturated heterocycles. The highest BCUT2D eigenvalue weighted by atomic mass is 35.5. The molecule has 0 saturated carbocycles. The van der Waals surface area contributed by atoms with Crippen LogP contribution < -0.4 is 11.4 Å². The van der Waals surface area contributed by atoms with Crippen molar-refractivity contribution in [2.24, 2.45) is 0 Å². The van der Waals surface area contributed by atoms with E-state index in [0.717, 1.165) is 9.31 Å². The van der Waals surface area contributed by atoms with Gasteiger partial charge in [0.05, 0.1) is 11.2 Å². The maximum absolute atomic E-state index is 12.7. The highest BCUT2D eigenvalue weighted by Crippen LogP contribution is 2.45. The third kappa shape index (κ3) is 2.54. The Kier molecular flexibility index (Phi) is 3.94. The minimum Gasteiger partial charge on any atom is -0.352 e. The van der Waals surface area contributed by atoms with Crippen LogP contribution in [0.4, 0.5) is 0 Å². The van der Waals surface area contributed by atoms with Crippen molar-refractivity contribution in [1.82, 2.24) is 14.2 Å². The van der Waals surface area contributed by atoms with Gasteiger partial charge in [0.2, 0.25) is 0 Å². The second kappa shape index (κ2) is 5.54. The van der Waals surface area contributed by atoms with Gasteiger partial charge in [-0.15, -0.1) is 4.74 Å². The molecular formula is C14H14ClN3O3S2. The monoisotopic (exact) mass is 371 g/mol. The zero-order valence-corrected chi connectivity index (χ0v) is 15.0. The summed E-state index contributed by atoms with van der Waals surface area (Å²) in [4.78, 5) is 26.8. The number of thiocarbonyl (C=S) groups is 1. The van der Waals surface area contributed by atoms with E-state index in [4.69, 9.17) is 28.3 Å². The number of benzene rings is 1. The van der Waals surface area contributed by atoms with E-state index in [1.165, 1.54) is 17.8 Å². The fourth-order valence-electron chi connectivity index (χ4n) is 2.37. The topological polar surface area (TPSA) is 60.4 Å². The Morgan fingerprint density at radius 3 is 2.61 bits per heavy atom. The minimum absolute atomic E-state index is 0.367. The molecule has 23 heavy (non-hydrogen) atoms. The van der Waals surface area contributed by atoms with Crippen LogP contribution in [0.5, 0.6) is 0 Å². The Labute approximate surface area is 146 Å². The first-order chi connectivity index (χ1) is 10.7. The predicted octanol–water partition coefficient (Wildman–Crippen LogP) is 2.49. The fourth-order valence-corrected chi connectivity index (χ4v) is 4.33. The van der Waals surface area contributed by atoms with Gasteiger partial charge in [-0.25, -0.2) is 9.59 Å². The van der Waals surface area contributed by atoms with E-state index in [0.29, 0.717) is 15.0 Å². The van der Waals surface area contributed by atoms with Crippen molar-refractivity contribution in [2.75, 3.05) is 7.05 Å². The van der Waals surface area contributed by atoms with E-state index >= 15 is 0 Å². The maximum Gasteiger partial charge on any atom is 0.447 e. The second-order valence-corrected chi connectivity index (χ2v) is 7.88. The lowest BCUT2D eigenvalue weighted by atomic mass is 10.0. The number of rotatable bonds is 2. The van der Waals surface area contributed by atoms with Gasteiger partial charge in [-0.05, 0) is 32.0 Å². The molecule has 6 nitrogen and oxygen atoms in total. The summed E-state index contributed by atoms with van der Waals surface area (Å²) < 4.78 is 7.91. The molecule has 2 aromatic rings. The number of aromatic nitrogens is 2. The molecule has 1 aliphatic heterocycles. The number of thioether (sulfide) groups is 1. The van der Waals surface area contributed by atoms with Crippen LogP contribution in [0.3, 0.4) is 0 Å². The number of hydrogen-bond donors (Lipinski definition) is 0. The lowest BCUT2D eigenvalue weighted by molar-refractivity contribution is 0.146. The van der Waals surface area contributed by atoms with Crippen molar-refractivity contribution >= 4 is 39.9 Å². The lowest BCUT2D eigenvalue weighted by Gasteiger charge is -2.31. The van der Waals surface area contributed by atoms with E-state index in [1.54, 1.807) is 18.2 Å². The first-order valence-corrected chi connectivity index (χ1v) is 8.45. The summed E-state index contributed by atoms with van der Waals surface area (Å²) in [5.74, 6) is -0.755. The summed E-state index contributed by atoms with van der Waals surface area (Å²) in [7, 11) is 1.85. The van der Waals surface area contributed by atoms with Gasteiger partial charge in [0.15, 0.2) is 0 Å². The van der Waals surface area contributed by atoms with Gasteiger partial charge in [-0.1, -0.05) is 41.6 Å². The number of hydrogen-bond acceptors (Lipinski definition) is 5. The van der Waals surface area contributed by atoms with E-state index in [9.17, 15) is 9.59 Å². The quantitative estimate of drug-likeness (QED) is 0.756.